The largest absolute Gasteiger partial charge is 0.416 e. The van der Waals surface area contributed by atoms with Gasteiger partial charge in [-0.05, 0) is 0 Å². The molecule has 14 heteroatoms. The van der Waals surface area contributed by atoms with Crippen molar-refractivity contribution in [3.63, 3.8) is 0 Å². The number of aromatic nitrogens is 2. The highest BCUT2D eigenvalue weighted by molar-refractivity contribution is 5.98. The fourth-order valence-electron chi connectivity index (χ4n) is 3.05. The predicted octanol–water partition coefficient (Wildman–Crippen LogP) is 2.11. The number of carbonyl (C=O) groups is 1. The van der Waals surface area contributed by atoms with Crippen LogP contribution >= 0.6 is 0 Å². The molecule has 0 radical (unpaired) electrons. The highest BCUT2D eigenvalue weighted by Gasteiger charge is 2.40. The van der Waals surface area contributed by atoms with E-state index in [1.807, 2.05) is 0 Å². The van der Waals surface area contributed by atoms with E-state index in [0.717, 1.165) is 4.90 Å². The molecule has 2 heterocycles. The van der Waals surface area contributed by atoms with Crippen LogP contribution in [0, 0.1) is 20.2 Å². The molecule has 1 aromatic carbocycles. The molecule has 1 aliphatic rings. The third kappa shape index (κ3) is 3.81. The Labute approximate surface area is 160 Å². The number of hydrogen-bond donors (Lipinski definition) is 0. The van der Waals surface area contributed by atoms with Crippen molar-refractivity contribution >= 4 is 28.7 Å². The van der Waals surface area contributed by atoms with Crippen LogP contribution in [-0.2, 0) is 18.0 Å². The summed E-state index contributed by atoms with van der Waals surface area (Å²) in [5.41, 5.74) is -3.86. The normalized spacial score (nSPS) is 15.0. The number of hydrogen-bond acceptors (Lipinski definition) is 7. The zero-order valence-electron chi connectivity index (χ0n) is 14.8. The molecule has 1 amide bonds. The van der Waals surface area contributed by atoms with E-state index in [4.69, 9.17) is 0 Å². The van der Waals surface area contributed by atoms with E-state index in [-0.39, 0.29) is 25.2 Å². The topological polar surface area (TPSA) is 128 Å². The van der Waals surface area contributed by atoms with Crippen LogP contribution in [0.15, 0.2) is 24.5 Å². The van der Waals surface area contributed by atoms with Crippen molar-refractivity contribution in [2.45, 2.75) is 6.18 Å². The number of nitro groups is 2. The lowest BCUT2D eigenvalue weighted by Crippen LogP contribution is -2.50. The van der Waals surface area contributed by atoms with E-state index in [2.05, 4.69) is 5.10 Å². The number of amides is 1. The van der Waals surface area contributed by atoms with Crippen molar-refractivity contribution in [1.29, 1.82) is 0 Å². The van der Waals surface area contributed by atoms with E-state index in [1.165, 1.54) is 15.8 Å². The Bertz CT molecular complexity index is 970. The van der Waals surface area contributed by atoms with E-state index >= 15 is 0 Å². The number of nitro benzene ring substituents is 2. The Hall–Kier alpha value is -3.71. The summed E-state index contributed by atoms with van der Waals surface area (Å²) in [5.74, 6) is -0.534. The SMILES string of the molecule is Cn1cc(N2CCN(c3c([N+](=O)[O-])cc(C(F)(F)F)cc3[N+](=O)[O-])CC2=O)cn1. The fraction of sp³-hybridized carbons (Fsp3) is 0.333. The Morgan fingerprint density at radius 2 is 1.69 bits per heavy atom. The molecule has 0 saturated carbocycles. The molecular formula is C15H13F3N6O5. The fourth-order valence-corrected chi connectivity index (χ4v) is 3.05. The molecule has 0 atom stereocenters. The molecule has 1 aromatic heterocycles. The van der Waals surface area contributed by atoms with Gasteiger partial charge in [0.2, 0.25) is 5.91 Å². The number of carbonyl (C=O) groups excluding carboxylic acids is 1. The van der Waals surface area contributed by atoms with Gasteiger partial charge in [-0.3, -0.25) is 29.7 Å². The van der Waals surface area contributed by atoms with Crippen LogP contribution < -0.4 is 9.80 Å². The zero-order valence-corrected chi connectivity index (χ0v) is 14.8. The molecule has 0 unspecified atom stereocenters. The number of benzene rings is 1. The maximum absolute atomic E-state index is 13.0. The molecule has 1 saturated heterocycles. The van der Waals surface area contributed by atoms with E-state index < -0.39 is 51.1 Å². The summed E-state index contributed by atoms with van der Waals surface area (Å²) in [4.78, 5) is 35.4. The van der Waals surface area contributed by atoms with Crippen molar-refractivity contribution in [1.82, 2.24) is 9.78 Å². The van der Waals surface area contributed by atoms with E-state index in [0.29, 0.717) is 5.69 Å². The minimum Gasteiger partial charge on any atom is -0.349 e. The van der Waals surface area contributed by atoms with Gasteiger partial charge in [-0.2, -0.15) is 18.3 Å². The highest BCUT2D eigenvalue weighted by Crippen LogP contribution is 2.43. The second-order valence-corrected chi connectivity index (χ2v) is 6.21. The highest BCUT2D eigenvalue weighted by atomic mass is 19.4. The first kappa shape index (κ1) is 20.0. The number of aryl methyl sites for hydroxylation is 1. The molecular weight excluding hydrogens is 401 g/mol. The van der Waals surface area contributed by atoms with Gasteiger partial charge in [0.15, 0.2) is 5.69 Å². The standard InChI is InChI=1S/C15H13F3N6O5/c1-20-7-10(6-19-20)22-3-2-21(8-13(22)25)14-11(23(26)27)4-9(15(16,17)18)5-12(14)24(28)29/h4-7H,2-3,8H2,1H3. The van der Waals surface area contributed by atoms with Crippen molar-refractivity contribution in [3.8, 4) is 0 Å². The lowest BCUT2D eigenvalue weighted by atomic mass is 10.1. The smallest absolute Gasteiger partial charge is 0.349 e. The monoisotopic (exact) mass is 414 g/mol. The number of piperazine rings is 1. The van der Waals surface area contributed by atoms with Crippen LogP contribution in [0.4, 0.5) is 35.9 Å². The summed E-state index contributed by atoms with van der Waals surface area (Å²) in [6.45, 7) is -0.532. The quantitative estimate of drug-likeness (QED) is 0.554. The maximum Gasteiger partial charge on any atom is 0.416 e. The second-order valence-electron chi connectivity index (χ2n) is 6.21. The molecule has 3 rings (SSSR count). The average Bonchev–Trinajstić information content (AvgIpc) is 3.05. The van der Waals surface area contributed by atoms with Gasteiger partial charge in [0.25, 0.3) is 11.4 Å². The number of alkyl halides is 3. The first-order valence-corrected chi connectivity index (χ1v) is 8.07. The summed E-state index contributed by atoms with van der Waals surface area (Å²) >= 11 is 0. The Kier molecular flexibility index (Phi) is 4.86. The number of anilines is 2. The second kappa shape index (κ2) is 7.03. The molecule has 0 bridgehead atoms. The minimum absolute atomic E-state index is 0.0137. The third-order valence-corrected chi connectivity index (χ3v) is 4.33. The molecule has 0 N–H and O–H groups in total. The van der Waals surface area contributed by atoms with Crippen LogP contribution in [0.25, 0.3) is 0 Å². The maximum atomic E-state index is 13.0. The number of nitrogens with zero attached hydrogens (tertiary/aromatic N) is 6. The molecule has 154 valence electrons. The van der Waals surface area contributed by atoms with Crippen molar-refractivity contribution in [3.05, 3.63) is 50.3 Å². The van der Waals surface area contributed by atoms with E-state index in [1.54, 1.807) is 13.2 Å². The Balaban J connectivity index is 2.03. The summed E-state index contributed by atoms with van der Waals surface area (Å²) < 4.78 is 40.5. The van der Waals surface area contributed by atoms with Gasteiger partial charge in [0.1, 0.15) is 0 Å². The van der Waals surface area contributed by atoms with Gasteiger partial charge in [0, 0.05) is 38.5 Å². The van der Waals surface area contributed by atoms with Gasteiger partial charge >= 0.3 is 6.18 Å². The first-order valence-electron chi connectivity index (χ1n) is 8.07. The number of halogens is 3. The molecule has 1 aliphatic heterocycles. The lowest BCUT2D eigenvalue weighted by molar-refractivity contribution is -0.393. The van der Waals surface area contributed by atoms with Crippen LogP contribution in [0.5, 0.6) is 0 Å². The Morgan fingerprint density at radius 3 is 2.10 bits per heavy atom. The van der Waals surface area contributed by atoms with Gasteiger partial charge < -0.3 is 9.80 Å². The molecule has 2 aromatic rings. The predicted molar refractivity (Wildman–Crippen MR) is 92.5 cm³/mol. The van der Waals surface area contributed by atoms with Crippen molar-refractivity contribution in [2.75, 3.05) is 29.4 Å². The summed E-state index contributed by atoms with van der Waals surface area (Å²) in [5, 5.41) is 26.7. The van der Waals surface area contributed by atoms with Gasteiger partial charge in [-0.15, -0.1) is 0 Å². The summed E-state index contributed by atoms with van der Waals surface area (Å²) in [7, 11) is 1.64. The molecule has 0 spiro atoms. The van der Waals surface area contributed by atoms with Gasteiger partial charge in [-0.25, -0.2) is 0 Å². The minimum atomic E-state index is -5.01. The average molecular weight is 414 g/mol. The first-order chi connectivity index (χ1) is 13.5. The van der Waals surface area contributed by atoms with Crippen LogP contribution in [0.3, 0.4) is 0 Å². The van der Waals surface area contributed by atoms with Crippen molar-refractivity contribution in [2.24, 2.45) is 7.05 Å². The molecule has 29 heavy (non-hydrogen) atoms. The zero-order chi connectivity index (χ0) is 21.5. The molecule has 11 nitrogen and oxygen atoms in total. The molecule has 0 aliphatic carbocycles. The van der Waals surface area contributed by atoms with Crippen LogP contribution in [0.2, 0.25) is 0 Å². The summed E-state index contributed by atoms with van der Waals surface area (Å²) in [6, 6.07) is 0.473. The summed E-state index contributed by atoms with van der Waals surface area (Å²) in [6.07, 6.45) is -2.02. The third-order valence-electron chi connectivity index (χ3n) is 4.33. The Morgan fingerprint density at radius 1 is 1.10 bits per heavy atom. The molecule has 1 fully saturated rings. The van der Waals surface area contributed by atoms with Crippen LogP contribution in [0.1, 0.15) is 5.56 Å². The van der Waals surface area contributed by atoms with Crippen LogP contribution in [-0.4, -0.2) is 45.2 Å². The van der Waals surface area contributed by atoms with Crippen molar-refractivity contribution < 1.29 is 27.8 Å². The number of rotatable bonds is 4. The lowest BCUT2D eigenvalue weighted by Gasteiger charge is -2.34. The van der Waals surface area contributed by atoms with Gasteiger partial charge in [0.05, 0.1) is 33.8 Å². The van der Waals surface area contributed by atoms with Gasteiger partial charge in [-0.1, -0.05) is 0 Å². The van der Waals surface area contributed by atoms with E-state index in [9.17, 15) is 38.2 Å².